The van der Waals surface area contributed by atoms with Crippen LogP contribution >= 0.6 is 23.2 Å². The molecule has 3 rings (SSSR count). The highest BCUT2D eigenvalue weighted by molar-refractivity contribution is 6.42. The number of nitrogens with one attached hydrogen (secondary N) is 3. The lowest BCUT2D eigenvalue weighted by atomic mass is 10.2. The van der Waals surface area contributed by atoms with Crippen molar-refractivity contribution < 1.29 is 9.59 Å². The molecule has 0 aliphatic rings. The predicted molar refractivity (Wildman–Crippen MR) is 109 cm³/mol. The molecule has 2 amide bonds. The summed E-state index contributed by atoms with van der Waals surface area (Å²) in [5.41, 5.74) is 3.19. The maximum atomic E-state index is 12.0. The van der Waals surface area contributed by atoms with Crippen molar-refractivity contribution in [2.45, 2.75) is 0 Å². The van der Waals surface area contributed by atoms with Gasteiger partial charge in [0.25, 0.3) is 17.4 Å². The number of carbonyl (C=O) groups is 2. The minimum Gasteiger partial charge on any atom is -0.343 e. The fraction of sp³-hybridized carbons (Fsp3) is 0.0526. The van der Waals surface area contributed by atoms with Gasteiger partial charge in [0.1, 0.15) is 0 Å². The Kier molecular flexibility index (Phi) is 6.08. The molecule has 3 N–H and O–H groups in total. The van der Waals surface area contributed by atoms with Gasteiger partial charge in [-0.05, 0) is 35.7 Å². The molecular weight excluding hydrogens is 403 g/mol. The number of para-hydroxylation sites is 1. The zero-order chi connectivity index (χ0) is 20.1. The maximum absolute atomic E-state index is 12.0. The van der Waals surface area contributed by atoms with Crippen LogP contribution in [-0.2, 0) is 4.79 Å². The van der Waals surface area contributed by atoms with Crippen LogP contribution in [0.5, 0.6) is 0 Å². The molecule has 0 saturated heterocycles. The predicted octanol–water partition coefficient (Wildman–Crippen LogP) is 2.72. The largest absolute Gasteiger partial charge is 0.343 e. The Bertz CT molecular complexity index is 1140. The van der Waals surface area contributed by atoms with E-state index in [1.807, 2.05) is 18.2 Å². The molecule has 0 radical (unpaired) electrons. The molecule has 0 bridgehead atoms. The molecule has 28 heavy (non-hydrogen) atoms. The van der Waals surface area contributed by atoms with Crippen LogP contribution in [0.1, 0.15) is 15.9 Å². The smallest absolute Gasteiger partial charge is 0.259 e. The fourth-order valence-electron chi connectivity index (χ4n) is 2.37. The number of fused-ring (bicyclic) bond motifs is 1. The second-order valence-corrected chi connectivity index (χ2v) is 6.56. The second-order valence-electron chi connectivity index (χ2n) is 5.75. The van der Waals surface area contributed by atoms with Gasteiger partial charge in [-0.1, -0.05) is 41.4 Å². The molecule has 0 saturated carbocycles. The zero-order valence-corrected chi connectivity index (χ0v) is 15.8. The highest BCUT2D eigenvalue weighted by atomic mass is 35.5. The number of hydrazone groups is 1. The van der Waals surface area contributed by atoms with Gasteiger partial charge in [-0.25, -0.2) is 5.43 Å². The molecule has 142 valence electrons. The number of aromatic nitrogens is 1. The van der Waals surface area contributed by atoms with Crippen molar-refractivity contribution in [3.8, 4) is 0 Å². The lowest BCUT2D eigenvalue weighted by Gasteiger charge is -2.05. The average molecular weight is 417 g/mol. The summed E-state index contributed by atoms with van der Waals surface area (Å²) < 4.78 is 0. The van der Waals surface area contributed by atoms with Crippen molar-refractivity contribution in [3.05, 3.63) is 80.1 Å². The van der Waals surface area contributed by atoms with Crippen molar-refractivity contribution in [1.29, 1.82) is 0 Å². The molecule has 0 unspecified atom stereocenters. The zero-order valence-electron chi connectivity index (χ0n) is 14.3. The third-order valence-electron chi connectivity index (χ3n) is 3.77. The summed E-state index contributed by atoms with van der Waals surface area (Å²) in [6.45, 7) is -0.301. The molecule has 0 aliphatic carbocycles. The van der Waals surface area contributed by atoms with Crippen molar-refractivity contribution >= 4 is 52.1 Å². The summed E-state index contributed by atoms with van der Waals surface area (Å²) in [6.07, 6.45) is 1.24. The number of hydrogen-bond acceptors (Lipinski definition) is 4. The Morgan fingerprint density at radius 3 is 2.64 bits per heavy atom. The van der Waals surface area contributed by atoms with Crippen LogP contribution in [0.15, 0.2) is 58.4 Å². The van der Waals surface area contributed by atoms with Gasteiger partial charge >= 0.3 is 0 Å². The van der Waals surface area contributed by atoms with E-state index >= 15 is 0 Å². The number of benzene rings is 2. The highest BCUT2D eigenvalue weighted by Gasteiger charge is 2.09. The molecule has 2 aromatic carbocycles. The van der Waals surface area contributed by atoms with Crippen LogP contribution in [-0.4, -0.2) is 29.6 Å². The van der Waals surface area contributed by atoms with Gasteiger partial charge in [0, 0.05) is 11.1 Å². The summed E-state index contributed by atoms with van der Waals surface area (Å²) in [5, 5.41) is 7.59. The van der Waals surface area contributed by atoms with E-state index in [2.05, 4.69) is 20.8 Å². The summed E-state index contributed by atoms with van der Waals surface area (Å²) in [4.78, 5) is 38.5. The lowest BCUT2D eigenvalue weighted by molar-refractivity contribution is -0.120. The van der Waals surface area contributed by atoms with Gasteiger partial charge in [0.2, 0.25) is 0 Å². The van der Waals surface area contributed by atoms with E-state index in [1.165, 1.54) is 24.4 Å². The van der Waals surface area contributed by atoms with E-state index in [4.69, 9.17) is 23.2 Å². The summed E-state index contributed by atoms with van der Waals surface area (Å²) in [6, 6.07) is 13.3. The standard InChI is InChI=1S/C19H14Cl2N4O3/c20-14-6-5-12(8-15(14)21)18(27)22-10-17(26)25-23-9-13-7-11-3-1-2-4-16(11)24-19(13)28/h1-9H,10H2,(H,22,27)(H,24,28)(H,25,26). The van der Waals surface area contributed by atoms with Crippen LogP contribution in [0.4, 0.5) is 0 Å². The number of rotatable bonds is 5. The number of amides is 2. The van der Waals surface area contributed by atoms with Crippen LogP contribution in [0, 0.1) is 0 Å². The number of aromatic amines is 1. The first-order valence-corrected chi connectivity index (χ1v) is 8.87. The Morgan fingerprint density at radius 1 is 1.07 bits per heavy atom. The minimum atomic E-state index is -0.554. The van der Waals surface area contributed by atoms with E-state index in [9.17, 15) is 14.4 Å². The first-order valence-electron chi connectivity index (χ1n) is 8.11. The van der Waals surface area contributed by atoms with E-state index in [1.54, 1.807) is 12.1 Å². The molecule has 0 aliphatic heterocycles. The third kappa shape index (κ3) is 4.76. The SMILES string of the molecule is O=C(CNC(=O)c1ccc(Cl)c(Cl)c1)NN=Cc1cc2ccccc2[nH]c1=O. The minimum absolute atomic E-state index is 0.240. The third-order valence-corrected chi connectivity index (χ3v) is 4.51. The molecule has 9 heteroatoms. The molecule has 1 heterocycles. The molecule has 0 spiro atoms. The molecule has 0 fully saturated rings. The van der Waals surface area contributed by atoms with Crippen molar-refractivity contribution in [1.82, 2.24) is 15.7 Å². The Labute approximate surface area is 169 Å². The van der Waals surface area contributed by atoms with Gasteiger partial charge in [0.05, 0.1) is 28.4 Å². The highest BCUT2D eigenvalue weighted by Crippen LogP contribution is 2.22. The van der Waals surface area contributed by atoms with E-state index < -0.39 is 11.8 Å². The molecule has 0 atom stereocenters. The van der Waals surface area contributed by atoms with Crippen molar-refractivity contribution in [2.24, 2.45) is 5.10 Å². The number of nitrogens with zero attached hydrogens (tertiary/aromatic N) is 1. The van der Waals surface area contributed by atoms with Gasteiger partial charge in [-0.2, -0.15) is 5.10 Å². The van der Waals surface area contributed by atoms with Crippen LogP contribution < -0.4 is 16.3 Å². The number of pyridine rings is 1. The first-order chi connectivity index (χ1) is 13.4. The average Bonchev–Trinajstić information content (AvgIpc) is 2.68. The number of carbonyl (C=O) groups excluding carboxylic acids is 2. The molecule has 7 nitrogen and oxygen atoms in total. The van der Waals surface area contributed by atoms with Gasteiger partial charge in [0.15, 0.2) is 0 Å². The monoisotopic (exact) mass is 416 g/mol. The normalized spacial score (nSPS) is 10.9. The van der Waals surface area contributed by atoms with Crippen molar-refractivity contribution in [2.75, 3.05) is 6.54 Å². The maximum Gasteiger partial charge on any atom is 0.259 e. The topological polar surface area (TPSA) is 103 Å². The van der Waals surface area contributed by atoms with Gasteiger partial charge in [-0.15, -0.1) is 0 Å². The van der Waals surface area contributed by atoms with E-state index in [0.717, 1.165) is 5.39 Å². The quantitative estimate of drug-likeness (QED) is 0.439. The van der Waals surface area contributed by atoms with Crippen LogP contribution in [0.25, 0.3) is 10.9 Å². The second kappa shape index (κ2) is 8.69. The Morgan fingerprint density at radius 2 is 1.86 bits per heavy atom. The van der Waals surface area contributed by atoms with Gasteiger partial charge in [-0.3, -0.25) is 14.4 Å². The number of H-pyrrole nitrogens is 1. The number of hydrogen-bond donors (Lipinski definition) is 3. The first kappa shape index (κ1) is 19.6. The van der Waals surface area contributed by atoms with Crippen molar-refractivity contribution in [3.63, 3.8) is 0 Å². The van der Waals surface area contributed by atoms with Gasteiger partial charge < -0.3 is 10.3 Å². The molecule has 3 aromatic rings. The molecular formula is C19H14Cl2N4O3. The van der Waals surface area contributed by atoms with Crippen LogP contribution in [0.3, 0.4) is 0 Å². The summed E-state index contributed by atoms with van der Waals surface area (Å²) in [5.74, 6) is -1.04. The van der Waals surface area contributed by atoms with E-state index in [-0.39, 0.29) is 22.7 Å². The number of halogens is 2. The molecule has 1 aromatic heterocycles. The summed E-state index contributed by atoms with van der Waals surface area (Å²) in [7, 11) is 0. The summed E-state index contributed by atoms with van der Waals surface area (Å²) >= 11 is 11.7. The lowest BCUT2D eigenvalue weighted by Crippen LogP contribution is -2.35. The van der Waals surface area contributed by atoms with Crippen LogP contribution in [0.2, 0.25) is 10.0 Å². The Balaban J connectivity index is 1.56. The van der Waals surface area contributed by atoms with E-state index in [0.29, 0.717) is 16.1 Å². The fourth-order valence-corrected chi connectivity index (χ4v) is 2.67. The Hall–Kier alpha value is -3.16.